The first kappa shape index (κ1) is 22.6. The van der Waals surface area contributed by atoms with E-state index in [0.29, 0.717) is 0 Å². The van der Waals surface area contributed by atoms with E-state index in [4.69, 9.17) is 16.7 Å². The van der Waals surface area contributed by atoms with E-state index in [9.17, 15) is 0 Å². The molecule has 2 rings (SSSR count). The third-order valence-electron chi connectivity index (χ3n) is 5.04. The highest BCUT2D eigenvalue weighted by molar-refractivity contribution is 6.23. The minimum atomic E-state index is -0.601. The summed E-state index contributed by atoms with van der Waals surface area (Å²) < 4.78 is 0. The normalized spacial score (nSPS) is 13.9. The smallest absolute Gasteiger partial charge is 0.151 e. The van der Waals surface area contributed by atoms with Gasteiger partial charge in [-0.05, 0) is 43.7 Å². The summed E-state index contributed by atoms with van der Waals surface area (Å²) >= 11 is 6.67. The lowest BCUT2D eigenvalue weighted by Crippen LogP contribution is -2.16. The number of unbranched alkanes of at least 4 members (excludes halogenated alkanes) is 5. The zero-order valence-electron chi connectivity index (χ0n) is 17.5. The molecular formula is C25H35ClN2. The number of benzene rings is 2. The number of hydrogen-bond acceptors (Lipinski definition) is 2. The molecule has 0 heterocycles. The van der Waals surface area contributed by atoms with Crippen molar-refractivity contribution in [1.29, 1.82) is 0 Å². The van der Waals surface area contributed by atoms with Gasteiger partial charge in [-0.25, -0.2) is 0 Å². The van der Waals surface area contributed by atoms with E-state index in [2.05, 4.69) is 60.6 Å². The minimum absolute atomic E-state index is 0.104. The molecule has 0 aromatic heterocycles. The summed E-state index contributed by atoms with van der Waals surface area (Å²) in [6, 6.07) is 21.1. The van der Waals surface area contributed by atoms with E-state index >= 15 is 0 Å². The topological polar surface area (TPSA) is 24.7 Å². The molecule has 3 heteroatoms. The molecule has 1 unspecified atom stereocenters. The Hall–Kier alpha value is -1.67. The van der Waals surface area contributed by atoms with Crippen LogP contribution in [-0.2, 0) is 12.8 Å². The summed E-state index contributed by atoms with van der Waals surface area (Å²) in [5.74, 6) is 0. The van der Waals surface area contributed by atoms with Gasteiger partial charge in [-0.15, -0.1) is 0 Å². The number of azo groups is 1. The van der Waals surface area contributed by atoms with E-state index in [1.165, 1.54) is 43.2 Å². The SMILES string of the molecule is CCCCCCCCC(C)(Cl)N=NC(Cc1ccccc1)Cc1ccccc1. The molecule has 0 saturated heterocycles. The third-order valence-corrected chi connectivity index (χ3v) is 5.31. The standard InChI is InChI=1S/C25H35ClN2/c1-3-4-5-6-7-14-19-25(2,26)28-27-24(20-22-15-10-8-11-16-22)21-23-17-12-9-13-18-23/h8-13,15-18,24H,3-7,14,19-21H2,1-2H3. The average Bonchev–Trinajstić information content (AvgIpc) is 2.70. The Morgan fingerprint density at radius 1 is 0.786 bits per heavy atom. The molecular weight excluding hydrogens is 364 g/mol. The fourth-order valence-corrected chi connectivity index (χ4v) is 3.58. The lowest BCUT2D eigenvalue weighted by molar-refractivity contribution is 0.488. The van der Waals surface area contributed by atoms with Gasteiger partial charge in [0, 0.05) is 0 Å². The fraction of sp³-hybridized carbons (Fsp3) is 0.520. The fourth-order valence-electron chi connectivity index (χ4n) is 3.41. The summed E-state index contributed by atoms with van der Waals surface area (Å²) in [6.45, 7) is 4.24. The van der Waals surface area contributed by atoms with Crippen LogP contribution in [0.4, 0.5) is 0 Å². The highest BCUT2D eigenvalue weighted by atomic mass is 35.5. The lowest BCUT2D eigenvalue weighted by atomic mass is 10.00. The molecule has 0 amide bonds. The molecule has 2 aromatic rings. The molecule has 0 aliphatic rings. The summed E-state index contributed by atoms with van der Waals surface area (Å²) in [4.78, 5) is -0.601. The molecule has 0 aliphatic heterocycles. The van der Waals surface area contributed by atoms with E-state index in [-0.39, 0.29) is 6.04 Å². The molecule has 1 atom stereocenters. The predicted octanol–water partition coefficient (Wildman–Crippen LogP) is 8.00. The molecule has 0 N–H and O–H groups in total. The number of hydrogen-bond donors (Lipinski definition) is 0. The first-order chi connectivity index (χ1) is 13.6. The van der Waals surface area contributed by atoms with Gasteiger partial charge in [0.15, 0.2) is 5.00 Å². The van der Waals surface area contributed by atoms with Crippen molar-refractivity contribution < 1.29 is 0 Å². The van der Waals surface area contributed by atoms with E-state index in [1.807, 2.05) is 19.1 Å². The number of nitrogens with zero attached hydrogens (tertiary/aromatic N) is 2. The molecule has 0 bridgehead atoms. The van der Waals surface area contributed by atoms with Gasteiger partial charge in [0.25, 0.3) is 0 Å². The van der Waals surface area contributed by atoms with Gasteiger partial charge in [-0.3, -0.25) is 0 Å². The first-order valence-electron chi connectivity index (χ1n) is 10.8. The summed E-state index contributed by atoms with van der Waals surface area (Å²) in [5.41, 5.74) is 2.57. The van der Waals surface area contributed by atoms with Crippen molar-refractivity contribution in [3.8, 4) is 0 Å². The van der Waals surface area contributed by atoms with Crippen LogP contribution in [0.3, 0.4) is 0 Å². The Morgan fingerprint density at radius 3 is 1.82 bits per heavy atom. The van der Waals surface area contributed by atoms with Gasteiger partial charge in [0.1, 0.15) is 0 Å². The summed E-state index contributed by atoms with van der Waals surface area (Å²) in [7, 11) is 0. The van der Waals surface area contributed by atoms with Crippen LogP contribution < -0.4 is 0 Å². The van der Waals surface area contributed by atoms with Crippen LogP contribution in [0.25, 0.3) is 0 Å². The predicted molar refractivity (Wildman–Crippen MR) is 121 cm³/mol. The number of alkyl halides is 1. The van der Waals surface area contributed by atoms with Crippen molar-refractivity contribution in [2.75, 3.05) is 0 Å². The Morgan fingerprint density at radius 2 is 1.29 bits per heavy atom. The molecule has 28 heavy (non-hydrogen) atoms. The quantitative estimate of drug-likeness (QED) is 0.141. The van der Waals surface area contributed by atoms with Crippen molar-refractivity contribution >= 4 is 11.6 Å². The van der Waals surface area contributed by atoms with Crippen molar-refractivity contribution in [3.63, 3.8) is 0 Å². The average molecular weight is 399 g/mol. The first-order valence-corrected chi connectivity index (χ1v) is 11.2. The summed E-state index contributed by atoms with van der Waals surface area (Å²) in [5, 5.41) is 9.28. The van der Waals surface area contributed by atoms with Crippen LogP contribution in [0, 0.1) is 0 Å². The van der Waals surface area contributed by atoms with Gasteiger partial charge in [0.05, 0.1) is 6.04 Å². The Balaban J connectivity index is 1.93. The lowest BCUT2D eigenvalue weighted by Gasteiger charge is -2.18. The molecule has 0 aliphatic carbocycles. The highest BCUT2D eigenvalue weighted by Gasteiger charge is 2.20. The maximum atomic E-state index is 6.67. The maximum absolute atomic E-state index is 6.67. The summed E-state index contributed by atoms with van der Waals surface area (Å²) in [6.07, 6.45) is 10.2. The molecule has 0 fully saturated rings. The van der Waals surface area contributed by atoms with Crippen LogP contribution in [-0.4, -0.2) is 11.0 Å². The molecule has 152 valence electrons. The third kappa shape index (κ3) is 9.50. The molecule has 2 nitrogen and oxygen atoms in total. The van der Waals surface area contributed by atoms with Gasteiger partial charge in [0.2, 0.25) is 0 Å². The van der Waals surface area contributed by atoms with Crippen LogP contribution in [0.2, 0.25) is 0 Å². The molecule has 0 saturated carbocycles. The van der Waals surface area contributed by atoms with Crippen LogP contribution in [0.5, 0.6) is 0 Å². The van der Waals surface area contributed by atoms with Gasteiger partial charge in [-0.2, -0.15) is 10.2 Å². The Kier molecular flexibility index (Phi) is 10.3. The van der Waals surface area contributed by atoms with Crippen molar-refractivity contribution in [2.45, 2.75) is 82.7 Å². The van der Waals surface area contributed by atoms with Crippen molar-refractivity contribution in [3.05, 3.63) is 71.8 Å². The Bertz CT molecular complexity index is 626. The Labute approximate surface area is 176 Å². The van der Waals surface area contributed by atoms with E-state index in [0.717, 1.165) is 25.7 Å². The van der Waals surface area contributed by atoms with Gasteiger partial charge in [-0.1, -0.05) is 111 Å². The minimum Gasteiger partial charge on any atom is -0.188 e. The highest BCUT2D eigenvalue weighted by Crippen LogP contribution is 2.26. The largest absolute Gasteiger partial charge is 0.188 e. The van der Waals surface area contributed by atoms with Crippen LogP contribution in [0.1, 0.15) is 69.9 Å². The van der Waals surface area contributed by atoms with E-state index in [1.54, 1.807) is 0 Å². The maximum Gasteiger partial charge on any atom is 0.151 e. The number of halogens is 1. The van der Waals surface area contributed by atoms with Gasteiger partial charge < -0.3 is 0 Å². The van der Waals surface area contributed by atoms with Crippen LogP contribution >= 0.6 is 11.6 Å². The molecule has 2 aromatic carbocycles. The second-order valence-electron chi connectivity index (χ2n) is 7.91. The molecule has 0 spiro atoms. The van der Waals surface area contributed by atoms with E-state index < -0.39 is 5.00 Å². The van der Waals surface area contributed by atoms with Gasteiger partial charge >= 0.3 is 0 Å². The zero-order valence-corrected chi connectivity index (χ0v) is 18.2. The van der Waals surface area contributed by atoms with Crippen molar-refractivity contribution in [1.82, 2.24) is 0 Å². The van der Waals surface area contributed by atoms with Crippen molar-refractivity contribution in [2.24, 2.45) is 10.2 Å². The van der Waals surface area contributed by atoms with Crippen LogP contribution in [0.15, 0.2) is 70.9 Å². The zero-order chi connectivity index (χ0) is 20.1. The monoisotopic (exact) mass is 398 g/mol. The number of rotatable bonds is 13. The second-order valence-corrected chi connectivity index (χ2v) is 8.72. The molecule has 0 radical (unpaired) electrons. The second kappa shape index (κ2) is 12.7.